The molecule has 0 aromatic heterocycles. The largest absolute Gasteiger partial charge is 0.481 e. The highest BCUT2D eigenvalue weighted by atomic mass is 35.5. The zero-order valence-electron chi connectivity index (χ0n) is 10.2. The number of hydrogen-bond donors (Lipinski definition) is 2. The number of amides is 2. The van der Waals surface area contributed by atoms with Gasteiger partial charge >= 0.3 is 12.0 Å². The quantitative estimate of drug-likeness (QED) is 0.883. The first-order valence-electron chi connectivity index (χ1n) is 5.41. The van der Waals surface area contributed by atoms with Crippen molar-refractivity contribution in [2.75, 3.05) is 18.9 Å². The van der Waals surface area contributed by atoms with Crippen LogP contribution in [-0.4, -0.2) is 35.6 Å². The van der Waals surface area contributed by atoms with E-state index >= 15 is 0 Å². The molecule has 5 nitrogen and oxygen atoms in total. The molecule has 0 saturated heterocycles. The van der Waals surface area contributed by atoms with Gasteiger partial charge in [-0.2, -0.15) is 0 Å². The maximum Gasteiger partial charge on any atom is 0.321 e. The number of carbonyl (C=O) groups excluding carboxylic acids is 1. The Labute approximate surface area is 110 Å². The molecule has 0 spiro atoms. The Morgan fingerprint density at radius 1 is 1.44 bits per heavy atom. The second kappa shape index (κ2) is 6.26. The zero-order chi connectivity index (χ0) is 13.7. The topological polar surface area (TPSA) is 69.6 Å². The van der Waals surface area contributed by atoms with Crippen molar-refractivity contribution in [1.82, 2.24) is 4.90 Å². The van der Waals surface area contributed by atoms with Crippen LogP contribution in [0.5, 0.6) is 0 Å². The van der Waals surface area contributed by atoms with Crippen molar-refractivity contribution in [2.24, 2.45) is 5.92 Å². The molecular weight excluding hydrogens is 256 g/mol. The molecule has 2 amide bonds. The molecule has 1 unspecified atom stereocenters. The molecule has 0 aliphatic rings. The summed E-state index contributed by atoms with van der Waals surface area (Å²) in [5, 5.41) is 11.8. The highest BCUT2D eigenvalue weighted by Crippen LogP contribution is 2.20. The van der Waals surface area contributed by atoms with Crippen molar-refractivity contribution in [3.8, 4) is 0 Å². The summed E-state index contributed by atoms with van der Waals surface area (Å²) in [6.45, 7) is 1.67. The van der Waals surface area contributed by atoms with E-state index in [1.54, 1.807) is 31.2 Å². The second-order valence-electron chi connectivity index (χ2n) is 4.03. The molecule has 0 fully saturated rings. The number of anilines is 1. The van der Waals surface area contributed by atoms with Crippen LogP contribution < -0.4 is 5.32 Å². The monoisotopic (exact) mass is 270 g/mol. The lowest BCUT2D eigenvalue weighted by Crippen LogP contribution is -2.36. The average molecular weight is 271 g/mol. The third-order valence-corrected chi connectivity index (χ3v) is 2.76. The van der Waals surface area contributed by atoms with E-state index in [1.807, 2.05) is 0 Å². The molecule has 0 saturated carbocycles. The molecule has 1 atom stereocenters. The first-order chi connectivity index (χ1) is 8.41. The number of carboxylic acids is 1. The summed E-state index contributed by atoms with van der Waals surface area (Å²) in [6.07, 6.45) is 0. The third-order valence-electron chi connectivity index (χ3n) is 2.43. The first kappa shape index (κ1) is 14.3. The van der Waals surface area contributed by atoms with Gasteiger partial charge in [0.1, 0.15) is 0 Å². The van der Waals surface area contributed by atoms with Crippen LogP contribution in [0, 0.1) is 5.92 Å². The van der Waals surface area contributed by atoms with E-state index in [0.717, 1.165) is 0 Å². The van der Waals surface area contributed by atoms with Gasteiger partial charge < -0.3 is 15.3 Å². The molecule has 1 aromatic rings. The van der Waals surface area contributed by atoms with Gasteiger partial charge in [-0.3, -0.25) is 4.79 Å². The standard InChI is InChI=1S/C12H15ClN2O3/c1-8(11(16)17)7-15(2)12(18)14-10-6-4-3-5-9(10)13/h3-6,8H,7H2,1-2H3,(H,14,18)(H,16,17). The number of nitrogens with zero attached hydrogens (tertiary/aromatic N) is 1. The minimum atomic E-state index is -0.938. The van der Waals surface area contributed by atoms with Crippen LogP contribution in [0.3, 0.4) is 0 Å². The summed E-state index contributed by atoms with van der Waals surface area (Å²) in [6, 6.07) is 6.46. The number of carbonyl (C=O) groups is 2. The predicted octanol–water partition coefficient (Wildman–Crippen LogP) is 2.52. The van der Waals surface area contributed by atoms with Crippen LogP contribution in [0.1, 0.15) is 6.92 Å². The normalized spacial score (nSPS) is 11.7. The highest BCUT2D eigenvalue weighted by molar-refractivity contribution is 6.33. The zero-order valence-corrected chi connectivity index (χ0v) is 10.9. The van der Waals surface area contributed by atoms with Gasteiger partial charge in [-0.1, -0.05) is 30.7 Å². The van der Waals surface area contributed by atoms with Crippen molar-refractivity contribution in [2.45, 2.75) is 6.92 Å². The molecule has 1 rings (SSSR count). The molecular formula is C12H15ClN2O3. The van der Waals surface area contributed by atoms with Crippen LogP contribution >= 0.6 is 11.6 Å². The van der Waals surface area contributed by atoms with Crippen LogP contribution in [0.25, 0.3) is 0 Å². The number of aliphatic carboxylic acids is 1. The van der Waals surface area contributed by atoms with Gasteiger partial charge in [-0.25, -0.2) is 4.79 Å². The smallest absolute Gasteiger partial charge is 0.321 e. The van der Waals surface area contributed by atoms with Crippen LogP contribution in [0.2, 0.25) is 5.02 Å². The van der Waals surface area contributed by atoms with Gasteiger partial charge in [-0.05, 0) is 12.1 Å². The molecule has 0 heterocycles. The number of nitrogens with one attached hydrogen (secondary N) is 1. The second-order valence-corrected chi connectivity index (χ2v) is 4.44. The van der Waals surface area contributed by atoms with E-state index < -0.39 is 17.9 Å². The molecule has 1 aromatic carbocycles. The Balaban J connectivity index is 2.61. The van der Waals surface area contributed by atoms with Crippen LogP contribution in [0.15, 0.2) is 24.3 Å². The fourth-order valence-corrected chi connectivity index (χ4v) is 1.53. The van der Waals surface area contributed by atoms with Gasteiger partial charge in [0.25, 0.3) is 0 Å². The third kappa shape index (κ3) is 3.92. The number of benzene rings is 1. The minimum absolute atomic E-state index is 0.131. The molecule has 0 aliphatic heterocycles. The van der Waals surface area contributed by atoms with E-state index in [0.29, 0.717) is 10.7 Å². The molecule has 0 bridgehead atoms. The first-order valence-corrected chi connectivity index (χ1v) is 5.79. The Morgan fingerprint density at radius 3 is 2.61 bits per heavy atom. The van der Waals surface area contributed by atoms with Crippen molar-refractivity contribution >= 4 is 29.3 Å². The lowest BCUT2D eigenvalue weighted by Gasteiger charge is -2.20. The lowest BCUT2D eigenvalue weighted by molar-refractivity contribution is -0.141. The molecule has 0 aliphatic carbocycles. The molecule has 98 valence electrons. The lowest BCUT2D eigenvalue weighted by atomic mass is 10.2. The van der Waals surface area contributed by atoms with E-state index in [2.05, 4.69) is 5.32 Å². The molecule has 6 heteroatoms. The summed E-state index contributed by atoms with van der Waals surface area (Å²) >= 11 is 5.90. The summed E-state index contributed by atoms with van der Waals surface area (Å²) in [5.41, 5.74) is 0.499. The number of rotatable bonds is 4. The number of carboxylic acid groups (broad SMARTS) is 1. The van der Waals surface area contributed by atoms with Crippen molar-refractivity contribution in [3.63, 3.8) is 0 Å². The maximum absolute atomic E-state index is 11.8. The maximum atomic E-state index is 11.8. The predicted molar refractivity (Wildman–Crippen MR) is 69.9 cm³/mol. The van der Waals surface area contributed by atoms with Crippen molar-refractivity contribution in [1.29, 1.82) is 0 Å². The summed E-state index contributed by atoms with van der Waals surface area (Å²) in [4.78, 5) is 23.8. The van der Waals surface area contributed by atoms with Crippen LogP contribution in [-0.2, 0) is 4.79 Å². The number of hydrogen-bond acceptors (Lipinski definition) is 2. The molecule has 18 heavy (non-hydrogen) atoms. The summed E-state index contributed by atoms with van der Waals surface area (Å²) in [5.74, 6) is -1.56. The van der Waals surface area contributed by atoms with Crippen molar-refractivity contribution < 1.29 is 14.7 Å². The Bertz CT molecular complexity index is 451. The van der Waals surface area contributed by atoms with E-state index in [1.165, 1.54) is 11.9 Å². The molecule has 2 N–H and O–H groups in total. The summed E-state index contributed by atoms with van der Waals surface area (Å²) < 4.78 is 0. The Morgan fingerprint density at radius 2 is 2.06 bits per heavy atom. The van der Waals surface area contributed by atoms with Crippen molar-refractivity contribution in [3.05, 3.63) is 29.3 Å². The fraction of sp³-hybridized carbons (Fsp3) is 0.333. The van der Waals surface area contributed by atoms with E-state index in [4.69, 9.17) is 16.7 Å². The SMILES string of the molecule is CC(CN(C)C(=O)Nc1ccccc1Cl)C(=O)O. The van der Waals surface area contributed by atoms with E-state index in [9.17, 15) is 9.59 Å². The number of para-hydroxylation sites is 1. The number of urea groups is 1. The number of halogens is 1. The fourth-order valence-electron chi connectivity index (χ4n) is 1.35. The van der Waals surface area contributed by atoms with Gasteiger partial charge in [-0.15, -0.1) is 0 Å². The minimum Gasteiger partial charge on any atom is -0.481 e. The molecule has 0 radical (unpaired) electrons. The van der Waals surface area contributed by atoms with Gasteiger partial charge in [0.2, 0.25) is 0 Å². The highest BCUT2D eigenvalue weighted by Gasteiger charge is 2.17. The van der Waals surface area contributed by atoms with Gasteiger partial charge in [0.15, 0.2) is 0 Å². The Hall–Kier alpha value is -1.75. The van der Waals surface area contributed by atoms with Gasteiger partial charge in [0.05, 0.1) is 16.6 Å². The van der Waals surface area contributed by atoms with E-state index in [-0.39, 0.29) is 6.54 Å². The summed E-state index contributed by atoms with van der Waals surface area (Å²) in [7, 11) is 1.53. The van der Waals surface area contributed by atoms with Gasteiger partial charge in [0, 0.05) is 13.6 Å². The van der Waals surface area contributed by atoms with Crippen LogP contribution in [0.4, 0.5) is 10.5 Å². The Kier molecular flexibility index (Phi) is 4.97. The average Bonchev–Trinajstić information content (AvgIpc) is 2.31.